The minimum atomic E-state index is -1.64. The van der Waals surface area contributed by atoms with E-state index in [9.17, 15) is 15.8 Å². The Labute approximate surface area is 187 Å². The highest BCUT2D eigenvalue weighted by Crippen LogP contribution is 2.55. The Hall–Kier alpha value is -3.88. The van der Waals surface area contributed by atoms with Crippen LogP contribution in [0, 0.1) is 56.7 Å². The van der Waals surface area contributed by atoms with Crippen molar-refractivity contribution in [2.24, 2.45) is 17.3 Å². The number of nitrogens with zero attached hydrogens (tertiary/aromatic N) is 4. The number of aromatic nitrogens is 1. The largest absolute Gasteiger partial charge is 0.341 e. The molecule has 2 aromatic carbocycles. The normalized spacial score (nSPS) is 24.2. The van der Waals surface area contributed by atoms with E-state index in [2.05, 4.69) is 60.0 Å². The molecule has 32 heavy (non-hydrogen) atoms. The second kappa shape index (κ2) is 7.37. The summed E-state index contributed by atoms with van der Waals surface area (Å²) in [6.07, 6.45) is 4.73. The van der Waals surface area contributed by atoms with E-state index in [1.54, 1.807) is 0 Å². The van der Waals surface area contributed by atoms with Crippen LogP contribution in [0.3, 0.4) is 0 Å². The molecule has 0 spiro atoms. The number of nitrogens with one attached hydrogen (secondary N) is 1. The topological polar surface area (TPSA) is 100 Å². The van der Waals surface area contributed by atoms with Crippen molar-refractivity contribution >= 4 is 27.5 Å². The number of para-hydroxylation sites is 1. The fourth-order valence-corrected chi connectivity index (χ4v) is 5.99. The number of allylic oxidation sites excluding steroid dienone is 2. The van der Waals surface area contributed by atoms with Crippen LogP contribution in [-0.2, 0) is 6.54 Å². The highest BCUT2D eigenvalue weighted by Gasteiger charge is 2.57. The smallest absolute Gasteiger partial charge is 0.189 e. The zero-order valence-corrected chi connectivity index (χ0v) is 18.0. The van der Waals surface area contributed by atoms with Crippen molar-refractivity contribution in [2.45, 2.75) is 38.6 Å². The predicted octanol–water partition coefficient (Wildman–Crippen LogP) is 5.83. The van der Waals surface area contributed by atoms with E-state index in [1.165, 1.54) is 0 Å². The molecule has 1 saturated carbocycles. The van der Waals surface area contributed by atoms with Gasteiger partial charge in [0.05, 0.1) is 23.9 Å². The van der Waals surface area contributed by atoms with Crippen LogP contribution in [0.5, 0.6) is 0 Å². The van der Waals surface area contributed by atoms with Gasteiger partial charge in [0.25, 0.3) is 0 Å². The van der Waals surface area contributed by atoms with Gasteiger partial charge in [-0.1, -0.05) is 30.3 Å². The van der Waals surface area contributed by atoms with E-state index >= 15 is 0 Å². The fourth-order valence-electron chi connectivity index (χ4n) is 5.99. The SMILES string of the molecule is CCn1c2ccccc2c2cc([C@@H]3[C@@H]4CCCC=C4[C@@H](C#N)C(=N)C3(C#N)C#N)ccc21. The molecule has 3 atom stereocenters. The van der Waals surface area contributed by atoms with Crippen LogP contribution in [-0.4, -0.2) is 10.3 Å². The second-order valence-corrected chi connectivity index (χ2v) is 8.76. The Balaban J connectivity index is 1.79. The molecule has 0 radical (unpaired) electrons. The van der Waals surface area contributed by atoms with Crippen LogP contribution >= 0.6 is 0 Å². The maximum atomic E-state index is 10.2. The van der Waals surface area contributed by atoms with Crippen molar-refractivity contribution in [2.75, 3.05) is 0 Å². The maximum absolute atomic E-state index is 10.2. The summed E-state index contributed by atoms with van der Waals surface area (Å²) in [5, 5.41) is 41.3. The zero-order valence-electron chi connectivity index (χ0n) is 18.0. The molecule has 1 aromatic heterocycles. The van der Waals surface area contributed by atoms with Crippen molar-refractivity contribution in [1.82, 2.24) is 4.57 Å². The molecule has 0 bridgehead atoms. The Kier molecular flexibility index (Phi) is 4.61. The van der Waals surface area contributed by atoms with Gasteiger partial charge in [-0.05, 0) is 61.4 Å². The van der Waals surface area contributed by atoms with Gasteiger partial charge in [0.15, 0.2) is 5.41 Å². The highest BCUT2D eigenvalue weighted by atomic mass is 15.0. The molecule has 3 aromatic rings. The average molecular weight is 418 g/mol. The fraction of sp³-hybridized carbons (Fsp3) is 0.333. The van der Waals surface area contributed by atoms with Crippen molar-refractivity contribution in [3.63, 3.8) is 0 Å². The van der Waals surface area contributed by atoms with E-state index in [-0.39, 0.29) is 11.6 Å². The van der Waals surface area contributed by atoms with Gasteiger partial charge in [-0.3, -0.25) is 0 Å². The van der Waals surface area contributed by atoms with Gasteiger partial charge in [-0.2, -0.15) is 15.8 Å². The lowest BCUT2D eigenvalue weighted by Gasteiger charge is -2.45. The van der Waals surface area contributed by atoms with Gasteiger partial charge in [-0.25, -0.2) is 0 Å². The van der Waals surface area contributed by atoms with Crippen LogP contribution in [0.4, 0.5) is 0 Å². The number of hydrogen-bond acceptors (Lipinski definition) is 4. The number of nitriles is 3. The van der Waals surface area contributed by atoms with Gasteiger partial charge in [0, 0.05) is 34.3 Å². The summed E-state index contributed by atoms with van der Waals surface area (Å²) in [6, 6.07) is 21.1. The summed E-state index contributed by atoms with van der Waals surface area (Å²) in [7, 11) is 0. The molecule has 2 aliphatic carbocycles. The third-order valence-electron chi connectivity index (χ3n) is 7.40. The number of fused-ring (bicyclic) bond motifs is 4. The molecule has 1 heterocycles. The molecule has 5 heteroatoms. The van der Waals surface area contributed by atoms with Crippen LogP contribution < -0.4 is 0 Å². The minimum Gasteiger partial charge on any atom is -0.341 e. The third kappa shape index (κ3) is 2.50. The summed E-state index contributed by atoms with van der Waals surface area (Å²) >= 11 is 0. The summed E-state index contributed by atoms with van der Waals surface area (Å²) in [5.41, 5.74) is 2.39. The number of benzene rings is 2. The summed E-state index contributed by atoms with van der Waals surface area (Å²) in [4.78, 5) is 0. The lowest BCUT2D eigenvalue weighted by Crippen LogP contribution is -2.48. The van der Waals surface area contributed by atoms with Crippen molar-refractivity contribution < 1.29 is 0 Å². The Morgan fingerprint density at radius 2 is 1.81 bits per heavy atom. The zero-order chi connectivity index (χ0) is 22.5. The van der Waals surface area contributed by atoms with E-state index in [1.807, 2.05) is 18.2 Å². The van der Waals surface area contributed by atoms with E-state index < -0.39 is 17.3 Å². The maximum Gasteiger partial charge on any atom is 0.189 e. The van der Waals surface area contributed by atoms with Crippen molar-refractivity contribution in [3.8, 4) is 18.2 Å². The minimum absolute atomic E-state index is 0.0736. The number of rotatable bonds is 2. The highest BCUT2D eigenvalue weighted by molar-refractivity contribution is 6.08. The first-order valence-corrected chi connectivity index (χ1v) is 11.1. The number of hydrogen-bond donors (Lipinski definition) is 1. The van der Waals surface area contributed by atoms with Gasteiger partial charge in [0.1, 0.15) is 5.92 Å². The molecule has 5 rings (SSSR count). The molecule has 2 aliphatic rings. The summed E-state index contributed by atoms with van der Waals surface area (Å²) in [5.74, 6) is -1.34. The lowest BCUT2D eigenvalue weighted by molar-refractivity contribution is 0.320. The molecule has 1 N–H and O–H groups in total. The molecule has 5 nitrogen and oxygen atoms in total. The third-order valence-corrected chi connectivity index (χ3v) is 7.40. The second-order valence-electron chi connectivity index (χ2n) is 8.76. The molecule has 0 amide bonds. The van der Waals surface area contributed by atoms with E-state index in [0.717, 1.165) is 58.7 Å². The standard InChI is InChI=1S/C27H23N5/c1-2-32-23-10-6-5-8-19(23)21-13-17(11-12-24(21)32)25-20-9-4-3-7-18(20)22(14-28)26(31)27(25,15-29)16-30/h5-8,10-13,20,22,25,31H,2-4,9H2,1H3/t20-,22-,25-/m1/s1. The van der Waals surface area contributed by atoms with Gasteiger partial charge in [0.2, 0.25) is 0 Å². The monoisotopic (exact) mass is 417 g/mol. The molecular weight excluding hydrogens is 394 g/mol. The first kappa shape index (κ1) is 20.0. The van der Waals surface area contributed by atoms with Gasteiger partial charge in [-0.15, -0.1) is 0 Å². The van der Waals surface area contributed by atoms with E-state index in [0.29, 0.717) is 0 Å². The molecule has 1 fully saturated rings. The Bertz CT molecular complexity index is 1400. The van der Waals surface area contributed by atoms with Crippen LogP contribution in [0.2, 0.25) is 0 Å². The van der Waals surface area contributed by atoms with Crippen LogP contribution in [0.25, 0.3) is 21.8 Å². The first-order chi connectivity index (χ1) is 15.6. The van der Waals surface area contributed by atoms with Crippen molar-refractivity contribution in [1.29, 1.82) is 21.2 Å². The molecule has 0 aliphatic heterocycles. The number of aryl methyl sites for hydroxylation is 1. The lowest BCUT2D eigenvalue weighted by atomic mass is 9.53. The molecular formula is C27H23N5. The Morgan fingerprint density at radius 1 is 1.06 bits per heavy atom. The Morgan fingerprint density at radius 3 is 2.53 bits per heavy atom. The van der Waals surface area contributed by atoms with Gasteiger partial charge >= 0.3 is 0 Å². The molecule has 0 saturated heterocycles. The van der Waals surface area contributed by atoms with Crippen LogP contribution in [0.15, 0.2) is 54.1 Å². The summed E-state index contributed by atoms with van der Waals surface area (Å²) < 4.78 is 2.27. The molecule has 0 unspecified atom stereocenters. The summed E-state index contributed by atoms with van der Waals surface area (Å²) in [6.45, 7) is 2.97. The predicted molar refractivity (Wildman–Crippen MR) is 124 cm³/mol. The van der Waals surface area contributed by atoms with Crippen molar-refractivity contribution in [3.05, 3.63) is 59.7 Å². The van der Waals surface area contributed by atoms with Gasteiger partial charge < -0.3 is 9.98 Å². The van der Waals surface area contributed by atoms with E-state index in [4.69, 9.17) is 5.41 Å². The average Bonchev–Trinajstić information content (AvgIpc) is 3.16. The first-order valence-electron chi connectivity index (χ1n) is 11.1. The van der Waals surface area contributed by atoms with Crippen LogP contribution in [0.1, 0.15) is 37.7 Å². The quantitative estimate of drug-likeness (QED) is 0.531. The molecule has 156 valence electrons.